The molecule has 0 aliphatic carbocycles. The van der Waals surface area contributed by atoms with Crippen LogP contribution in [-0.2, 0) is 13.1 Å². The molecule has 3 heterocycles. The van der Waals surface area contributed by atoms with Crippen molar-refractivity contribution in [3.05, 3.63) is 95.1 Å². The van der Waals surface area contributed by atoms with E-state index in [1.165, 1.54) is 11.6 Å². The zero-order chi connectivity index (χ0) is 22.1. The van der Waals surface area contributed by atoms with E-state index in [0.29, 0.717) is 31.9 Å². The van der Waals surface area contributed by atoms with Gasteiger partial charge in [-0.15, -0.1) is 0 Å². The molecule has 2 aromatic heterocycles. The highest BCUT2D eigenvalue weighted by Crippen LogP contribution is 2.24. The molecule has 0 bridgehead atoms. The number of piperazine rings is 1. The SMILES string of the molecule is Cc1ccc(Cn2c(C(=O)N3CCN(Cc4cccc(F)c4)CC3)cc3occc32)cc1. The lowest BCUT2D eigenvalue weighted by Gasteiger charge is -2.35. The monoisotopic (exact) mass is 431 g/mol. The van der Waals surface area contributed by atoms with Crippen molar-refractivity contribution in [2.45, 2.75) is 20.0 Å². The van der Waals surface area contributed by atoms with Gasteiger partial charge in [0, 0.05) is 51.4 Å². The minimum atomic E-state index is -0.213. The number of carbonyl (C=O) groups is 1. The molecule has 0 N–H and O–H groups in total. The van der Waals surface area contributed by atoms with E-state index in [1.807, 2.05) is 27.7 Å². The van der Waals surface area contributed by atoms with Crippen LogP contribution in [0.1, 0.15) is 27.2 Å². The average molecular weight is 432 g/mol. The standard InChI is InChI=1S/C26H26FN3O2/c1-19-5-7-20(8-6-19)18-30-23-9-14-32-25(23)16-24(30)26(31)29-12-10-28(11-13-29)17-21-3-2-4-22(27)15-21/h2-9,14-16H,10-13,17-18H2,1H3. The summed E-state index contributed by atoms with van der Waals surface area (Å²) >= 11 is 0. The first-order valence-corrected chi connectivity index (χ1v) is 11.0. The summed E-state index contributed by atoms with van der Waals surface area (Å²) in [5, 5.41) is 0. The van der Waals surface area contributed by atoms with Crippen LogP contribution in [0.15, 0.2) is 71.3 Å². The molecule has 1 fully saturated rings. The predicted octanol–water partition coefficient (Wildman–Crippen LogP) is 4.69. The summed E-state index contributed by atoms with van der Waals surface area (Å²) in [5.74, 6) is -0.191. The summed E-state index contributed by atoms with van der Waals surface area (Å²) in [6.07, 6.45) is 1.66. The van der Waals surface area contributed by atoms with Gasteiger partial charge in [-0.25, -0.2) is 4.39 Å². The molecule has 1 saturated heterocycles. The molecule has 0 spiro atoms. The summed E-state index contributed by atoms with van der Waals surface area (Å²) in [5.41, 5.74) is 5.62. The lowest BCUT2D eigenvalue weighted by Crippen LogP contribution is -2.48. The Bertz CT molecular complexity index is 1230. The Labute approximate surface area is 186 Å². The summed E-state index contributed by atoms with van der Waals surface area (Å²) < 4.78 is 21.1. The number of rotatable bonds is 5. The number of benzene rings is 2. The maximum absolute atomic E-state index is 13.5. The van der Waals surface area contributed by atoms with Crippen molar-refractivity contribution >= 4 is 17.0 Å². The second kappa shape index (κ2) is 8.63. The van der Waals surface area contributed by atoms with Crippen LogP contribution < -0.4 is 0 Å². The van der Waals surface area contributed by atoms with Gasteiger partial charge in [-0.1, -0.05) is 42.0 Å². The van der Waals surface area contributed by atoms with Gasteiger partial charge in [0.2, 0.25) is 0 Å². The molecule has 0 radical (unpaired) electrons. The van der Waals surface area contributed by atoms with E-state index in [2.05, 4.69) is 36.1 Å². The maximum atomic E-state index is 13.5. The van der Waals surface area contributed by atoms with Crippen LogP contribution in [-0.4, -0.2) is 46.5 Å². The average Bonchev–Trinajstić information content (AvgIpc) is 3.38. The van der Waals surface area contributed by atoms with Crippen LogP contribution in [0.5, 0.6) is 0 Å². The van der Waals surface area contributed by atoms with Crippen molar-refractivity contribution in [3.8, 4) is 0 Å². The molecule has 0 atom stereocenters. The smallest absolute Gasteiger partial charge is 0.270 e. The van der Waals surface area contributed by atoms with Gasteiger partial charge in [-0.05, 0) is 30.2 Å². The number of aryl methyl sites for hydroxylation is 1. The highest BCUT2D eigenvalue weighted by molar-refractivity contribution is 5.97. The third-order valence-corrected chi connectivity index (χ3v) is 6.16. The normalized spacial score (nSPS) is 14.9. The summed E-state index contributed by atoms with van der Waals surface area (Å²) in [6, 6.07) is 18.8. The molecule has 0 unspecified atom stereocenters. The zero-order valence-corrected chi connectivity index (χ0v) is 18.1. The number of amides is 1. The van der Waals surface area contributed by atoms with Crippen LogP contribution in [0.4, 0.5) is 4.39 Å². The van der Waals surface area contributed by atoms with E-state index in [9.17, 15) is 9.18 Å². The van der Waals surface area contributed by atoms with Gasteiger partial charge in [0.05, 0.1) is 11.8 Å². The number of nitrogens with zero attached hydrogens (tertiary/aromatic N) is 3. The molecule has 6 heteroatoms. The lowest BCUT2D eigenvalue weighted by molar-refractivity contribution is 0.0619. The molecule has 0 saturated carbocycles. The zero-order valence-electron chi connectivity index (χ0n) is 18.1. The van der Waals surface area contributed by atoms with Crippen LogP contribution >= 0.6 is 0 Å². The Hall–Kier alpha value is -3.38. The van der Waals surface area contributed by atoms with E-state index in [-0.39, 0.29) is 11.7 Å². The fourth-order valence-electron chi connectivity index (χ4n) is 4.37. The third-order valence-electron chi connectivity index (χ3n) is 6.16. The van der Waals surface area contributed by atoms with E-state index in [4.69, 9.17) is 4.42 Å². The van der Waals surface area contributed by atoms with Crippen molar-refractivity contribution in [2.24, 2.45) is 0 Å². The van der Waals surface area contributed by atoms with Crippen LogP contribution in [0.3, 0.4) is 0 Å². The first-order chi connectivity index (χ1) is 15.6. The number of carbonyl (C=O) groups excluding carboxylic acids is 1. The van der Waals surface area contributed by atoms with Gasteiger partial charge in [0.1, 0.15) is 11.5 Å². The van der Waals surface area contributed by atoms with E-state index in [1.54, 1.807) is 18.4 Å². The number of aromatic nitrogens is 1. The van der Waals surface area contributed by atoms with Gasteiger partial charge < -0.3 is 13.9 Å². The summed E-state index contributed by atoms with van der Waals surface area (Å²) in [6.45, 7) is 6.18. The highest BCUT2D eigenvalue weighted by atomic mass is 19.1. The molecule has 164 valence electrons. The molecule has 1 aliphatic heterocycles. The van der Waals surface area contributed by atoms with Gasteiger partial charge in [0.25, 0.3) is 5.91 Å². The van der Waals surface area contributed by atoms with Crippen molar-refractivity contribution in [1.29, 1.82) is 0 Å². The van der Waals surface area contributed by atoms with Gasteiger partial charge in [0.15, 0.2) is 5.58 Å². The first kappa shape index (κ1) is 20.5. The quantitative estimate of drug-likeness (QED) is 0.460. The topological polar surface area (TPSA) is 41.6 Å². The second-order valence-corrected chi connectivity index (χ2v) is 8.47. The second-order valence-electron chi connectivity index (χ2n) is 8.47. The predicted molar refractivity (Wildman–Crippen MR) is 122 cm³/mol. The van der Waals surface area contributed by atoms with Crippen molar-refractivity contribution in [1.82, 2.24) is 14.4 Å². The largest absolute Gasteiger partial charge is 0.463 e. The molecule has 1 aliphatic rings. The molecular weight excluding hydrogens is 405 g/mol. The number of fused-ring (bicyclic) bond motifs is 1. The summed E-state index contributed by atoms with van der Waals surface area (Å²) in [7, 11) is 0. The maximum Gasteiger partial charge on any atom is 0.270 e. The van der Waals surface area contributed by atoms with Crippen LogP contribution in [0, 0.1) is 12.7 Å². The molecule has 5 nitrogen and oxygen atoms in total. The minimum absolute atomic E-state index is 0.0221. The minimum Gasteiger partial charge on any atom is -0.463 e. The highest BCUT2D eigenvalue weighted by Gasteiger charge is 2.26. The fourth-order valence-corrected chi connectivity index (χ4v) is 4.37. The fraction of sp³-hybridized carbons (Fsp3) is 0.269. The number of halogens is 1. The van der Waals surface area contributed by atoms with Gasteiger partial charge >= 0.3 is 0 Å². The lowest BCUT2D eigenvalue weighted by atomic mass is 10.1. The number of furan rings is 1. The van der Waals surface area contributed by atoms with Crippen molar-refractivity contribution in [3.63, 3.8) is 0 Å². The molecule has 1 amide bonds. The Morgan fingerprint density at radius 3 is 2.47 bits per heavy atom. The van der Waals surface area contributed by atoms with Crippen LogP contribution in [0.2, 0.25) is 0 Å². The van der Waals surface area contributed by atoms with E-state index in [0.717, 1.165) is 35.3 Å². The number of hydrogen-bond acceptors (Lipinski definition) is 3. The molecular formula is C26H26FN3O2. The van der Waals surface area contributed by atoms with Gasteiger partial charge in [-0.2, -0.15) is 0 Å². The first-order valence-electron chi connectivity index (χ1n) is 11.0. The number of hydrogen-bond donors (Lipinski definition) is 0. The Balaban J connectivity index is 1.31. The Kier molecular flexibility index (Phi) is 5.53. The molecule has 5 rings (SSSR count). The summed E-state index contributed by atoms with van der Waals surface area (Å²) in [4.78, 5) is 17.6. The Morgan fingerprint density at radius 1 is 0.938 bits per heavy atom. The molecule has 32 heavy (non-hydrogen) atoms. The van der Waals surface area contributed by atoms with Crippen LogP contribution in [0.25, 0.3) is 11.1 Å². The third kappa shape index (κ3) is 4.18. The van der Waals surface area contributed by atoms with Crippen molar-refractivity contribution in [2.75, 3.05) is 26.2 Å². The molecule has 4 aromatic rings. The van der Waals surface area contributed by atoms with Gasteiger partial charge in [-0.3, -0.25) is 9.69 Å². The molecule has 2 aromatic carbocycles. The van der Waals surface area contributed by atoms with Crippen molar-refractivity contribution < 1.29 is 13.6 Å². The van der Waals surface area contributed by atoms with E-state index < -0.39 is 0 Å². The van der Waals surface area contributed by atoms with E-state index >= 15 is 0 Å². The Morgan fingerprint density at radius 2 is 1.72 bits per heavy atom.